The van der Waals surface area contributed by atoms with Gasteiger partial charge in [0.05, 0.1) is 29.9 Å². The number of aromatic nitrogens is 2. The van der Waals surface area contributed by atoms with Crippen molar-refractivity contribution >= 4 is 22.9 Å². The van der Waals surface area contributed by atoms with Crippen LogP contribution >= 0.6 is 11.3 Å². The molecule has 8 heteroatoms. The molecule has 0 bridgehead atoms. The Hall–Kier alpha value is -2.58. The van der Waals surface area contributed by atoms with Gasteiger partial charge in [-0.3, -0.25) is 4.79 Å². The summed E-state index contributed by atoms with van der Waals surface area (Å²) in [6, 6.07) is 6.05. The molecule has 1 aliphatic heterocycles. The van der Waals surface area contributed by atoms with E-state index in [9.17, 15) is 9.18 Å². The fourth-order valence-electron chi connectivity index (χ4n) is 3.18. The molecule has 0 spiro atoms. The number of nitrogens with zero attached hydrogens (tertiary/aromatic N) is 2. The Balaban J connectivity index is 1.59. The van der Waals surface area contributed by atoms with Crippen LogP contribution in [0.2, 0.25) is 0 Å². The number of nitrogens with one attached hydrogen (secondary N) is 1. The lowest BCUT2D eigenvalue weighted by atomic mass is 9.94. The summed E-state index contributed by atoms with van der Waals surface area (Å²) in [5, 5.41) is 12.6. The summed E-state index contributed by atoms with van der Waals surface area (Å²) in [6.07, 6.45) is 0.575. The number of rotatable bonds is 4. The van der Waals surface area contributed by atoms with Crippen LogP contribution in [0.15, 0.2) is 34.1 Å². The number of benzene rings is 1. The highest BCUT2D eigenvalue weighted by Crippen LogP contribution is 2.37. The minimum Gasteiger partial charge on any atom is -0.421 e. The number of ether oxygens (including phenoxy) is 1. The van der Waals surface area contributed by atoms with Crippen LogP contribution < -0.4 is 5.32 Å². The second-order valence-electron chi connectivity index (χ2n) is 6.43. The van der Waals surface area contributed by atoms with E-state index in [4.69, 9.17) is 9.15 Å². The van der Waals surface area contributed by atoms with Gasteiger partial charge in [0.2, 0.25) is 17.7 Å². The van der Waals surface area contributed by atoms with Crippen molar-refractivity contribution < 1.29 is 18.3 Å². The molecule has 3 heterocycles. The smallest absolute Gasteiger partial charge is 0.249 e. The zero-order valence-electron chi connectivity index (χ0n) is 14.9. The fraction of sp³-hybridized carbons (Fsp3) is 0.316. The van der Waals surface area contributed by atoms with Crippen molar-refractivity contribution in [3.63, 3.8) is 0 Å². The molecule has 1 aliphatic rings. The number of fused-ring (bicyclic) bond motifs is 1. The van der Waals surface area contributed by atoms with E-state index in [1.165, 1.54) is 23.1 Å². The van der Waals surface area contributed by atoms with Crippen LogP contribution in [-0.2, 0) is 16.0 Å². The number of amides is 1. The average molecular weight is 387 g/mol. The third-order valence-corrected chi connectivity index (χ3v) is 5.57. The Bertz CT molecular complexity index is 984. The van der Waals surface area contributed by atoms with Crippen molar-refractivity contribution in [3.05, 3.63) is 51.8 Å². The summed E-state index contributed by atoms with van der Waals surface area (Å²) < 4.78 is 25.0. The standard InChI is InChI=1S/C19H18FN3O3S/c1-10(17-13-6-8-27-16(13)5-7-25-17)18(24)21-15-4-3-12(20)9-14(15)19-23-22-11(2)26-19/h3-4,6,8-10,17H,5,7H2,1-2H3,(H,21,24). The molecule has 1 amide bonds. The Labute approximate surface area is 159 Å². The van der Waals surface area contributed by atoms with Crippen molar-refractivity contribution in [1.82, 2.24) is 10.2 Å². The van der Waals surface area contributed by atoms with Gasteiger partial charge >= 0.3 is 0 Å². The van der Waals surface area contributed by atoms with E-state index < -0.39 is 11.7 Å². The summed E-state index contributed by atoms with van der Waals surface area (Å²) in [7, 11) is 0. The van der Waals surface area contributed by atoms with Gasteiger partial charge in [-0.1, -0.05) is 6.92 Å². The lowest BCUT2D eigenvalue weighted by molar-refractivity contribution is -0.125. The van der Waals surface area contributed by atoms with Crippen molar-refractivity contribution in [1.29, 1.82) is 0 Å². The molecule has 1 aromatic carbocycles. The van der Waals surface area contributed by atoms with Gasteiger partial charge in [0.1, 0.15) is 5.82 Å². The van der Waals surface area contributed by atoms with Gasteiger partial charge in [-0.25, -0.2) is 4.39 Å². The van der Waals surface area contributed by atoms with Gasteiger partial charge in [0.25, 0.3) is 0 Å². The summed E-state index contributed by atoms with van der Waals surface area (Å²) >= 11 is 1.68. The van der Waals surface area contributed by atoms with Crippen LogP contribution in [0.25, 0.3) is 11.5 Å². The molecular weight excluding hydrogens is 369 g/mol. The lowest BCUT2D eigenvalue weighted by Gasteiger charge is -2.28. The summed E-state index contributed by atoms with van der Waals surface area (Å²) in [5.41, 5.74) is 1.83. The minimum atomic E-state index is -0.453. The van der Waals surface area contributed by atoms with Gasteiger partial charge in [0.15, 0.2) is 0 Å². The molecule has 1 N–H and O–H groups in total. The molecule has 6 nitrogen and oxygen atoms in total. The highest BCUT2D eigenvalue weighted by Gasteiger charge is 2.31. The predicted molar refractivity (Wildman–Crippen MR) is 98.9 cm³/mol. The number of carbonyl (C=O) groups is 1. The number of thiophene rings is 1. The van der Waals surface area contributed by atoms with Crippen LogP contribution in [0.1, 0.15) is 29.4 Å². The van der Waals surface area contributed by atoms with E-state index in [1.54, 1.807) is 18.3 Å². The van der Waals surface area contributed by atoms with Gasteiger partial charge in [-0.2, -0.15) is 0 Å². The molecule has 4 rings (SSSR count). The SMILES string of the molecule is Cc1nnc(-c2cc(F)ccc2NC(=O)C(C)C2OCCc3sccc32)o1. The number of hydrogen-bond acceptors (Lipinski definition) is 6. The minimum absolute atomic E-state index is 0.156. The van der Waals surface area contributed by atoms with Crippen LogP contribution in [0, 0.1) is 18.7 Å². The number of carbonyl (C=O) groups excluding carboxylic acids is 1. The van der Waals surface area contributed by atoms with E-state index in [2.05, 4.69) is 15.5 Å². The van der Waals surface area contributed by atoms with Crippen molar-refractivity contribution in [3.8, 4) is 11.5 Å². The topological polar surface area (TPSA) is 77.2 Å². The maximum atomic E-state index is 13.7. The summed E-state index contributed by atoms with van der Waals surface area (Å²) in [6.45, 7) is 4.07. The van der Waals surface area contributed by atoms with Crippen LogP contribution in [-0.4, -0.2) is 22.7 Å². The van der Waals surface area contributed by atoms with Crippen molar-refractivity contribution in [2.45, 2.75) is 26.4 Å². The highest BCUT2D eigenvalue weighted by atomic mass is 32.1. The molecule has 0 aliphatic carbocycles. The Morgan fingerprint density at radius 3 is 3.00 bits per heavy atom. The second kappa shape index (κ2) is 7.21. The van der Waals surface area contributed by atoms with Gasteiger partial charge in [-0.05, 0) is 35.2 Å². The van der Waals surface area contributed by atoms with E-state index in [0.29, 0.717) is 23.7 Å². The normalized spacial score (nSPS) is 17.4. The summed E-state index contributed by atoms with van der Waals surface area (Å²) in [4.78, 5) is 14.1. The Morgan fingerprint density at radius 2 is 2.22 bits per heavy atom. The molecule has 0 radical (unpaired) electrons. The van der Waals surface area contributed by atoms with E-state index in [0.717, 1.165) is 12.0 Å². The largest absolute Gasteiger partial charge is 0.421 e. The third-order valence-electron chi connectivity index (χ3n) is 4.58. The van der Waals surface area contributed by atoms with E-state index in [1.807, 2.05) is 18.4 Å². The zero-order valence-corrected chi connectivity index (χ0v) is 15.7. The molecule has 2 aromatic heterocycles. The van der Waals surface area contributed by atoms with Gasteiger partial charge in [-0.15, -0.1) is 21.5 Å². The molecule has 2 atom stereocenters. The quantitative estimate of drug-likeness (QED) is 0.728. The molecule has 0 fully saturated rings. The van der Waals surface area contributed by atoms with Crippen LogP contribution in [0.3, 0.4) is 0 Å². The first-order valence-corrected chi connectivity index (χ1v) is 9.49. The molecule has 3 aromatic rings. The molecule has 2 unspecified atom stereocenters. The molecule has 140 valence electrons. The van der Waals surface area contributed by atoms with E-state index in [-0.39, 0.29) is 17.9 Å². The first-order chi connectivity index (χ1) is 13.0. The second-order valence-corrected chi connectivity index (χ2v) is 7.44. The lowest BCUT2D eigenvalue weighted by Crippen LogP contribution is -2.30. The van der Waals surface area contributed by atoms with Crippen LogP contribution in [0.4, 0.5) is 10.1 Å². The maximum absolute atomic E-state index is 13.7. The fourth-order valence-corrected chi connectivity index (χ4v) is 4.08. The average Bonchev–Trinajstić information content (AvgIpc) is 3.31. The number of halogens is 1. The van der Waals surface area contributed by atoms with Crippen molar-refractivity contribution in [2.75, 3.05) is 11.9 Å². The number of aryl methyl sites for hydroxylation is 1. The van der Waals surface area contributed by atoms with E-state index >= 15 is 0 Å². The summed E-state index contributed by atoms with van der Waals surface area (Å²) in [5.74, 6) is -0.570. The first-order valence-electron chi connectivity index (χ1n) is 8.61. The Morgan fingerprint density at radius 1 is 1.37 bits per heavy atom. The monoisotopic (exact) mass is 387 g/mol. The highest BCUT2D eigenvalue weighted by molar-refractivity contribution is 7.10. The number of hydrogen-bond donors (Lipinski definition) is 1. The maximum Gasteiger partial charge on any atom is 0.249 e. The first kappa shape index (κ1) is 17.8. The molecular formula is C19H18FN3O3S. The van der Waals surface area contributed by atoms with Gasteiger partial charge < -0.3 is 14.5 Å². The van der Waals surface area contributed by atoms with Crippen molar-refractivity contribution in [2.24, 2.45) is 5.92 Å². The Kier molecular flexibility index (Phi) is 4.75. The predicted octanol–water partition coefficient (Wildman–Crippen LogP) is 4.13. The number of anilines is 1. The molecule has 0 saturated heterocycles. The third kappa shape index (κ3) is 3.50. The van der Waals surface area contributed by atoms with Gasteiger partial charge in [0, 0.05) is 18.2 Å². The zero-order chi connectivity index (χ0) is 19.0. The van der Waals surface area contributed by atoms with Crippen LogP contribution in [0.5, 0.6) is 0 Å². The molecule has 0 saturated carbocycles. The molecule has 27 heavy (non-hydrogen) atoms.